The van der Waals surface area contributed by atoms with Gasteiger partial charge in [-0.15, -0.1) is 0 Å². The van der Waals surface area contributed by atoms with Crippen LogP contribution in [0.15, 0.2) is 54.6 Å². The highest BCUT2D eigenvalue weighted by atomic mass is 16.5. The van der Waals surface area contributed by atoms with Crippen molar-refractivity contribution in [3.8, 4) is 5.75 Å². The van der Waals surface area contributed by atoms with E-state index >= 15 is 0 Å². The Hall–Kier alpha value is -3.34. The third kappa shape index (κ3) is 2.40. The van der Waals surface area contributed by atoms with Crippen molar-refractivity contribution in [3.63, 3.8) is 0 Å². The quantitative estimate of drug-likeness (QED) is 0.774. The lowest BCUT2D eigenvalue weighted by atomic mass is 10.0. The van der Waals surface area contributed by atoms with Crippen LogP contribution < -0.4 is 15.0 Å². The maximum absolute atomic E-state index is 12.6. The Morgan fingerprint density at radius 3 is 2.54 bits per heavy atom. The number of amides is 2. The van der Waals surface area contributed by atoms with Crippen LogP contribution in [0.25, 0.3) is 10.8 Å². The van der Waals surface area contributed by atoms with Crippen LogP contribution in [0.1, 0.15) is 27.6 Å². The van der Waals surface area contributed by atoms with E-state index in [4.69, 9.17) is 4.74 Å². The molecular weight excluding hydrogens is 328 g/mol. The van der Waals surface area contributed by atoms with Gasteiger partial charge in [-0.2, -0.15) is 0 Å². The van der Waals surface area contributed by atoms with E-state index in [9.17, 15) is 9.59 Å². The summed E-state index contributed by atoms with van der Waals surface area (Å²) in [6.07, 6.45) is 0. The monoisotopic (exact) mass is 346 g/mol. The van der Waals surface area contributed by atoms with Crippen molar-refractivity contribution in [2.45, 2.75) is 6.92 Å². The normalized spacial score (nSPS) is 12.5. The van der Waals surface area contributed by atoms with Crippen molar-refractivity contribution in [2.75, 3.05) is 23.9 Å². The number of benzene rings is 3. The lowest BCUT2D eigenvalue weighted by Gasteiger charge is -2.15. The lowest BCUT2D eigenvalue weighted by molar-refractivity contribution is 0.0992. The molecule has 0 unspecified atom stereocenters. The van der Waals surface area contributed by atoms with Gasteiger partial charge in [-0.1, -0.05) is 12.1 Å². The average molecular weight is 346 g/mol. The third-order valence-electron chi connectivity index (χ3n) is 4.70. The van der Waals surface area contributed by atoms with Crippen LogP contribution in [-0.2, 0) is 0 Å². The number of anilines is 2. The molecule has 0 saturated carbocycles. The topological polar surface area (TPSA) is 58.6 Å². The predicted octanol–water partition coefficient (Wildman–Crippen LogP) is 4.08. The van der Waals surface area contributed by atoms with E-state index < -0.39 is 0 Å². The van der Waals surface area contributed by atoms with E-state index in [1.54, 1.807) is 36.3 Å². The maximum Gasteiger partial charge on any atom is 0.258 e. The van der Waals surface area contributed by atoms with E-state index in [-0.39, 0.29) is 11.8 Å². The molecule has 0 fully saturated rings. The molecule has 1 aliphatic rings. The average Bonchev–Trinajstić information content (AvgIpc) is 2.96. The number of rotatable bonds is 4. The van der Waals surface area contributed by atoms with Crippen molar-refractivity contribution >= 4 is 34.0 Å². The molecule has 1 aliphatic heterocycles. The number of carbonyl (C=O) groups excluding carboxylic acids is 2. The minimum atomic E-state index is -0.204. The van der Waals surface area contributed by atoms with Gasteiger partial charge in [0.05, 0.1) is 12.8 Å². The number of ether oxygens (including phenoxy) is 1. The smallest absolute Gasteiger partial charge is 0.258 e. The predicted molar refractivity (Wildman–Crippen MR) is 102 cm³/mol. The van der Waals surface area contributed by atoms with Crippen molar-refractivity contribution in [2.24, 2.45) is 0 Å². The molecule has 0 atom stereocenters. The van der Waals surface area contributed by atoms with Crippen LogP contribution in [0.5, 0.6) is 5.75 Å². The van der Waals surface area contributed by atoms with Crippen LogP contribution in [0, 0.1) is 0 Å². The van der Waals surface area contributed by atoms with Gasteiger partial charge in [-0.25, -0.2) is 0 Å². The van der Waals surface area contributed by atoms with Crippen LogP contribution in [0.3, 0.4) is 0 Å². The van der Waals surface area contributed by atoms with E-state index in [0.29, 0.717) is 29.1 Å². The Morgan fingerprint density at radius 1 is 1.08 bits per heavy atom. The van der Waals surface area contributed by atoms with E-state index in [0.717, 1.165) is 16.5 Å². The zero-order valence-corrected chi connectivity index (χ0v) is 14.6. The maximum atomic E-state index is 12.6. The van der Waals surface area contributed by atoms with Crippen molar-refractivity contribution < 1.29 is 14.3 Å². The first-order valence-electron chi connectivity index (χ1n) is 8.47. The number of hydrogen-bond acceptors (Lipinski definition) is 3. The van der Waals surface area contributed by atoms with Gasteiger partial charge in [0.1, 0.15) is 5.75 Å². The summed E-state index contributed by atoms with van der Waals surface area (Å²) in [5, 5.41) is 4.72. The first kappa shape index (κ1) is 16.1. The molecule has 0 radical (unpaired) electrons. The Bertz CT molecular complexity index is 1030. The van der Waals surface area contributed by atoms with Crippen LogP contribution in [-0.4, -0.2) is 25.5 Å². The molecule has 3 aromatic rings. The third-order valence-corrected chi connectivity index (χ3v) is 4.70. The zero-order chi connectivity index (χ0) is 18.3. The highest BCUT2D eigenvalue weighted by molar-refractivity contribution is 6.27. The Labute approximate surface area is 151 Å². The fraction of sp³-hybridized carbons (Fsp3) is 0.143. The van der Waals surface area contributed by atoms with Crippen molar-refractivity contribution in [1.29, 1.82) is 0 Å². The number of nitrogens with one attached hydrogen (secondary N) is 1. The first-order valence-corrected chi connectivity index (χ1v) is 8.47. The molecule has 5 nitrogen and oxygen atoms in total. The second-order valence-electron chi connectivity index (χ2n) is 6.09. The summed E-state index contributed by atoms with van der Waals surface area (Å²) in [6, 6.07) is 16.3. The van der Waals surface area contributed by atoms with Crippen molar-refractivity contribution in [1.82, 2.24) is 0 Å². The van der Waals surface area contributed by atoms with Gasteiger partial charge < -0.3 is 15.0 Å². The molecule has 0 bridgehead atoms. The summed E-state index contributed by atoms with van der Waals surface area (Å²) in [4.78, 5) is 26.9. The first-order chi connectivity index (χ1) is 12.6. The molecule has 4 rings (SSSR count). The molecular formula is C21H18N2O3. The summed E-state index contributed by atoms with van der Waals surface area (Å²) < 4.78 is 5.12. The summed E-state index contributed by atoms with van der Waals surface area (Å²) in [7, 11) is 1.59. The van der Waals surface area contributed by atoms with E-state index in [2.05, 4.69) is 5.32 Å². The van der Waals surface area contributed by atoms with Crippen LogP contribution >= 0.6 is 0 Å². The van der Waals surface area contributed by atoms with Gasteiger partial charge >= 0.3 is 0 Å². The van der Waals surface area contributed by atoms with Gasteiger partial charge in [-0.3, -0.25) is 9.59 Å². The highest BCUT2D eigenvalue weighted by Crippen LogP contribution is 2.40. The van der Waals surface area contributed by atoms with Crippen LogP contribution in [0.4, 0.5) is 11.4 Å². The second kappa shape index (κ2) is 6.19. The molecule has 1 N–H and O–H groups in total. The Kier molecular flexibility index (Phi) is 3.84. The molecule has 1 heterocycles. The number of carbonyl (C=O) groups is 2. The SMILES string of the molecule is CCN1C(=O)c2cccc3c(NC(=O)c4ccc(OC)cc4)ccc1c23. The summed E-state index contributed by atoms with van der Waals surface area (Å²) >= 11 is 0. The molecule has 0 spiro atoms. The van der Waals surface area contributed by atoms with E-state index in [1.807, 2.05) is 37.3 Å². The van der Waals surface area contributed by atoms with Crippen LogP contribution in [0.2, 0.25) is 0 Å². The molecule has 130 valence electrons. The summed E-state index contributed by atoms with van der Waals surface area (Å²) in [5.74, 6) is 0.502. The Morgan fingerprint density at radius 2 is 1.85 bits per heavy atom. The second-order valence-corrected chi connectivity index (χ2v) is 6.09. The lowest BCUT2D eigenvalue weighted by Crippen LogP contribution is -2.25. The fourth-order valence-electron chi connectivity index (χ4n) is 3.41. The van der Waals surface area contributed by atoms with Gasteiger partial charge in [-0.05, 0) is 49.4 Å². The molecule has 2 amide bonds. The molecule has 5 heteroatoms. The number of hydrogen-bond donors (Lipinski definition) is 1. The van der Waals surface area contributed by atoms with Gasteiger partial charge in [0.15, 0.2) is 0 Å². The largest absolute Gasteiger partial charge is 0.497 e. The Balaban J connectivity index is 1.73. The van der Waals surface area contributed by atoms with Gasteiger partial charge in [0.25, 0.3) is 11.8 Å². The minimum Gasteiger partial charge on any atom is -0.497 e. The molecule has 0 saturated heterocycles. The van der Waals surface area contributed by atoms with E-state index in [1.165, 1.54) is 0 Å². The number of nitrogens with zero attached hydrogens (tertiary/aromatic N) is 1. The molecule has 0 aliphatic carbocycles. The molecule has 3 aromatic carbocycles. The van der Waals surface area contributed by atoms with Gasteiger partial charge in [0, 0.05) is 34.1 Å². The minimum absolute atomic E-state index is 0.00623. The summed E-state index contributed by atoms with van der Waals surface area (Å²) in [6.45, 7) is 2.56. The highest BCUT2D eigenvalue weighted by Gasteiger charge is 2.29. The molecule has 0 aromatic heterocycles. The molecule has 26 heavy (non-hydrogen) atoms. The number of methoxy groups -OCH3 is 1. The standard InChI is InChI=1S/C21H18N2O3/c1-3-23-18-12-11-17(15-5-4-6-16(19(15)18)21(23)25)22-20(24)13-7-9-14(26-2)10-8-13/h4-12H,3H2,1-2H3,(H,22,24). The summed E-state index contributed by atoms with van der Waals surface area (Å²) in [5.41, 5.74) is 2.81. The van der Waals surface area contributed by atoms with Gasteiger partial charge in [0.2, 0.25) is 0 Å². The van der Waals surface area contributed by atoms with Crippen molar-refractivity contribution in [3.05, 3.63) is 65.7 Å². The zero-order valence-electron chi connectivity index (χ0n) is 14.6. The fourth-order valence-corrected chi connectivity index (χ4v) is 3.41.